The monoisotopic (exact) mass is 222 g/mol. The molecule has 2 heterocycles. The van der Waals surface area contributed by atoms with E-state index in [9.17, 15) is 9.90 Å². The van der Waals surface area contributed by atoms with Crippen LogP contribution in [0.15, 0.2) is 12.1 Å². The lowest BCUT2D eigenvalue weighted by molar-refractivity contribution is 0.0466. The number of rotatable bonds is 1. The van der Waals surface area contributed by atoms with Crippen LogP contribution in [0.3, 0.4) is 0 Å². The molecule has 1 saturated heterocycles. The van der Waals surface area contributed by atoms with Crippen LogP contribution in [-0.2, 0) is 7.05 Å². The number of aromatic nitrogens is 1. The molecule has 2 rings (SSSR count). The number of aliphatic hydroxyl groups is 1. The average molecular weight is 222 g/mol. The van der Waals surface area contributed by atoms with Crippen molar-refractivity contribution >= 4 is 5.91 Å². The third kappa shape index (κ3) is 1.97. The summed E-state index contributed by atoms with van der Waals surface area (Å²) in [6, 6.07) is 3.78. The van der Waals surface area contributed by atoms with E-state index in [1.54, 1.807) is 4.90 Å². The number of hydrogen-bond acceptors (Lipinski definition) is 2. The summed E-state index contributed by atoms with van der Waals surface area (Å²) in [6.45, 7) is 3.19. The Balaban J connectivity index is 2.15. The minimum atomic E-state index is -0.362. The molecule has 0 aliphatic carbocycles. The quantitative estimate of drug-likeness (QED) is 0.768. The van der Waals surface area contributed by atoms with Gasteiger partial charge in [0, 0.05) is 25.8 Å². The first-order chi connectivity index (χ1) is 7.59. The Morgan fingerprint density at radius 2 is 2.25 bits per heavy atom. The number of aryl methyl sites for hydroxylation is 1. The SMILES string of the molecule is Cc1ccc(C(=O)N2CCCC(O)C2)n1C. The maximum atomic E-state index is 12.2. The molecule has 0 aromatic carbocycles. The molecule has 0 bridgehead atoms. The highest BCUT2D eigenvalue weighted by molar-refractivity contribution is 5.93. The van der Waals surface area contributed by atoms with Gasteiger partial charge in [-0.05, 0) is 31.9 Å². The molecule has 1 aliphatic heterocycles. The molecule has 4 nitrogen and oxygen atoms in total. The van der Waals surface area contributed by atoms with E-state index >= 15 is 0 Å². The van der Waals surface area contributed by atoms with Crippen molar-refractivity contribution in [1.29, 1.82) is 0 Å². The largest absolute Gasteiger partial charge is 0.391 e. The summed E-state index contributed by atoms with van der Waals surface area (Å²) in [7, 11) is 1.89. The van der Waals surface area contributed by atoms with Gasteiger partial charge in [0.2, 0.25) is 0 Å². The van der Waals surface area contributed by atoms with Gasteiger partial charge in [-0.1, -0.05) is 0 Å². The highest BCUT2D eigenvalue weighted by atomic mass is 16.3. The molecule has 1 aromatic rings. The van der Waals surface area contributed by atoms with Gasteiger partial charge in [0.25, 0.3) is 5.91 Å². The zero-order valence-corrected chi connectivity index (χ0v) is 9.81. The Bertz CT molecular complexity index is 398. The molecule has 1 aromatic heterocycles. The number of likely N-dealkylation sites (tertiary alicyclic amines) is 1. The van der Waals surface area contributed by atoms with Crippen LogP contribution in [0.25, 0.3) is 0 Å². The van der Waals surface area contributed by atoms with Gasteiger partial charge in [0.05, 0.1) is 6.10 Å². The predicted molar refractivity (Wildman–Crippen MR) is 61.3 cm³/mol. The number of carbonyl (C=O) groups is 1. The Morgan fingerprint density at radius 3 is 2.81 bits per heavy atom. The fourth-order valence-corrected chi connectivity index (χ4v) is 2.13. The molecule has 4 heteroatoms. The maximum Gasteiger partial charge on any atom is 0.270 e. The molecule has 16 heavy (non-hydrogen) atoms. The van der Waals surface area contributed by atoms with Gasteiger partial charge in [-0.3, -0.25) is 4.79 Å². The van der Waals surface area contributed by atoms with Crippen LogP contribution >= 0.6 is 0 Å². The number of carbonyl (C=O) groups excluding carboxylic acids is 1. The molecule has 1 N–H and O–H groups in total. The molecule has 1 amide bonds. The Morgan fingerprint density at radius 1 is 1.50 bits per heavy atom. The highest BCUT2D eigenvalue weighted by Crippen LogP contribution is 2.15. The van der Waals surface area contributed by atoms with E-state index in [1.165, 1.54) is 0 Å². The summed E-state index contributed by atoms with van der Waals surface area (Å²) in [6.07, 6.45) is 1.32. The lowest BCUT2D eigenvalue weighted by atomic mass is 10.1. The summed E-state index contributed by atoms with van der Waals surface area (Å²) in [5.41, 5.74) is 1.77. The fraction of sp³-hybridized carbons (Fsp3) is 0.583. The van der Waals surface area contributed by atoms with Crippen LogP contribution in [0.4, 0.5) is 0 Å². The van der Waals surface area contributed by atoms with E-state index in [2.05, 4.69) is 0 Å². The molecule has 0 radical (unpaired) electrons. The van der Waals surface area contributed by atoms with Gasteiger partial charge in [0.1, 0.15) is 5.69 Å². The second-order valence-corrected chi connectivity index (χ2v) is 4.47. The molecule has 1 atom stereocenters. The van der Waals surface area contributed by atoms with Crippen LogP contribution in [0.2, 0.25) is 0 Å². The standard InChI is InChI=1S/C12H18N2O2/c1-9-5-6-11(13(9)2)12(16)14-7-3-4-10(15)8-14/h5-6,10,15H,3-4,7-8H2,1-2H3. The number of aliphatic hydroxyl groups excluding tert-OH is 1. The maximum absolute atomic E-state index is 12.2. The molecule has 1 fully saturated rings. The average Bonchev–Trinajstić information content (AvgIpc) is 2.59. The van der Waals surface area contributed by atoms with Crippen molar-refractivity contribution < 1.29 is 9.90 Å². The molecule has 1 unspecified atom stereocenters. The molecule has 1 aliphatic rings. The lowest BCUT2D eigenvalue weighted by Gasteiger charge is -2.30. The number of hydrogen-bond donors (Lipinski definition) is 1. The topological polar surface area (TPSA) is 45.5 Å². The van der Waals surface area contributed by atoms with Crippen LogP contribution in [0.5, 0.6) is 0 Å². The van der Waals surface area contributed by atoms with Crippen molar-refractivity contribution in [2.75, 3.05) is 13.1 Å². The normalized spacial score (nSPS) is 21.2. The summed E-state index contributed by atoms with van der Waals surface area (Å²) < 4.78 is 1.89. The first-order valence-corrected chi connectivity index (χ1v) is 5.69. The molecular weight excluding hydrogens is 204 g/mol. The van der Waals surface area contributed by atoms with E-state index in [-0.39, 0.29) is 12.0 Å². The van der Waals surface area contributed by atoms with Gasteiger partial charge in [0.15, 0.2) is 0 Å². The number of nitrogens with zero attached hydrogens (tertiary/aromatic N) is 2. The van der Waals surface area contributed by atoms with Crippen molar-refractivity contribution in [3.8, 4) is 0 Å². The zero-order valence-electron chi connectivity index (χ0n) is 9.81. The van der Waals surface area contributed by atoms with Gasteiger partial charge >= 0.3 is 0 Å². The molecule has 0 spiro atoms. The van der Waals surface area contributed by atoms with Crippen molar-refractivity contribution in [2.45, 2.75) is 25.9 Å². The summed E-state index contributed by atoms with van der Waals surface area (Å²) >= 11 is 0. The number of amides is 1. The summed E-state index contributed by atoms with van der Waals surface area (Å²) in [5.74, 6) is 0.0225. The highest BCUT2D eigenvalue weighted by Gasteiger charge is 2.24. The molecular formula is C12H18N2O2. The van der Waals surface area contributed by atoms with Gasteiger partial charge < -0.3 is 14.6 Å². The van der Waals surface area contributed by atoms with E-state index in [1.807, 2.05) is 30.7 Å². The van der Waals surface area contributed by atoms with Gasteiger partial charge in [-0.25, -0.2) is 0 Å². The van der Waals surface area contributed by atoms with Crippen LogP contribution in [-0.4, -0.2) is 39.7 Å². The minimum Gasteiger partial charge on any atom is -0.391 e. The first kappa shape index (κ1) is 11.2. The fourth-order valence-electron chi connectivity index (χ4n) is 2.13. The van der Waals surface area contributed by atoms with Gasteiger partial charge in [-0.2, -0.15) is 0 Å². The third-order valence-electron chi connectivity index (χ3n) is 3.28. The second kappa shape index (κ2) is 4.29. The van der Waals surface area contributed by atoms with Crippen LogP contribution in [0, 0.1) is 6.92 Å². The smallest absolute Gasteiger partial charge is 0.270 e. The van der Waals surface area contributed by atoms with Crippen molar-refractivity contribution in [3.63, 3.8) is 0 Å². The van der Waals surface area contributed by atoms with Crippen molar-refractivity contribution in [3.05, 3.63) is 23.5 Å². The summed E-state index contributed by atoms with van der Waals surface area (Å²) in [5, 5.41) is 9.55. The Labute approximate surface area is 95.5 Å². The van der Waals surface area contributed by atoms with Crippen LogP contribution < -0.4 is 0 Å². The minimum absolute atomic E-state index is 0.0225. The van der Waals surface area contributed by atoms with E-state index in [4.69, 9.17) is 0 Å². The molecule has 88 valence electrons. The Hall–Kier alpha value is -1.29. The number of β-amino-alcohol motifs (C(OH)–C–C–N with tert-alkyl or cyclic N) is 1. The second-order valence-electron chi connectivity index (χ2n) is 4.47. The van der Waals surface area contributed by atoms with Gasteiger partial charge in [-0.15, -0.1) is 0 Å². The number of piperidine rings is 1. The summed E-state index contributed by atoms with van der Waals surface area (Å²) in [4.78, 5) is 13.9. The third-order valence-corrected chi connectivity index (χ3v) is 3.28. The molecule has 0 saturated carbocycles. The van der Waals surface area contributed by atoms with Crippen molar-refractivity contribution in [1.82, 2.24) is 9.47 Å². The van der Waals surface area contributed by atoms with E-state index in [0.717, 1.165) is 25.1 Å². The Kier molecular flexibility index (Phi) is 3.01. The van der Waals surface area contributed by atoms with E-state index < -0.39 is 0 Å². The first-order valence-electron chi connectivity index (χ1n) is 5.69. The van der Waals surface area contributed by atoms with E-state index in [0.29, 0.717) is 12.2 Å². The lowest BCUT2D eigenvalue weighted by Crippen LogP contribution is -2.42. The van der Waals surface area contributed by atoms with Crippen molar-refractivity contribution in [2.24, 2.45) is 7.05 Å². The zero-order chi connectivity index (χ0) is 11.7. The predicted octanol–water partition coefficient (Wildman–Crippen LogP) is 0.930. The van der Waals surface area contributed by atoms with Crippen LogP contribution in [0.1, 0.15) is 29.0 Å².